The van der Waals surface area contributed by atoms with Crippen LogP contribution in [0.4, 0.5) is 0 Å². The number of rotatable bonds is 41. The van der Waals surface area contributed by atoms with Gasteiger partial charge in [-0.25, -0.2) is 0 Å². The second-order valence-corrected chi connectivity index (χ2v) is 15.4. The summed E-state index contributed by atoms with van der Waals surface area (Å²) in [5.41, 5.74) is 0. The predicted molar refractivity (Wildman–Crippen MR) is 274 cm³/mol. The molecule has 0 aliphatic rings. The Kier molecular flexibility index (Phi) is 46.7. The van der Waals surface area contributed by atoms with Gasteiger partial charge in [0.1, 0.15) is 13.2 Å². The van der Waals surface area contributed by atoms with E-state index >= 15 is 0 Å². The van der Waals surface area contributed by atoms with E-state index in [2.05, 4.69) is 124 Å². The second-order valence-electron chi connectivity index (χ2n) is 15.4. The Hall–Kier alpha value is -4.97. The van der Waals surface area contributed by atoms with Crippen LogP contribution in [-0.4, -0.2) is 37.2 Å². The average Bonchev–Trinajstić information content (AvgIpc) is 3.29. The van der Waals surface area contributed by atoms with Crippen molar-refractivity contribution in [1.82, 2.24) is 0 Å². The van der Waals surface area contributed by atoms with Gasteiger partial charge in [0, 0.05) is 19.3 Å². The van der Waals surface area contributed by atoms with Crippen LogP contribution in [-0.2, 0) is 28.6 Å². The number of carbonyl (C=O) groups is 3. The molecule has 0 heterocycles. The molecule has 0 saturated heterocycles. The SMILES string of the molecule is CC/C=C/C=C/C=C/C=C/C=C/CCCC(=O)OCC(COC(=O)CCC/C=C/C/C=C/C/C=C/C/C=C/CCCCC)OC(=O)CCCCC/C=C/C/C=C/C/C=C/C/C=C/CC. The molecule has 0 fully saturated rings. The van der Waals surface area contributed by atoms with Crippen molar-refractivity contribution >= 4 is 17.9 Å². The summed E-state index contributed by atoms with van der Waals surface area (Å²) in [5, 5.41) is 0. The fraction of sp³-hybridized carbons (Fsp3) is 0.500. The van der Waals surface area contributed by atoms with Gasteiger partial charge in [0.25, 0.3) is 0 Å². The van der Waals surface area contributed by atoms with E-state index in [1.807, 2.05) is 54.7 Å². The monoisotopic (exact) mass is 879 g/mol. The highest BCUT2D eigenvalue weighted by atomic mass is 16.6. The number of carbonyl (C=O) groups excluding carboxylic acids is 3. The highest BCUT2D eigenvalue weighted by molar-refractivity contribution is 5.71. The minimum atomic E-state index is -0.853. The zero-order chi connectivity index (χ0) is 46.5. The molecule has 0 rings (SSSR count). The van der Waals surface area contributed by atoms with Gasteiger partial charge < -0.3 is 14.2 Å². The Balaban J connectivity index is 4.67. The molecule has 1 atom stereocenters. The Morgan fingerprint density at radius 3 is 1.16 bits per heavy atom. The van der Waals surface area contributed by atoms with Crippen molar-refractivity contribution in [3.63, 3.8) is 0 Å². The molecule has 64 heavy (non-hydrogen) atoms. The molecular weight excluding hydrogens is 793 g/mol. The van der Waals surface area contributed by atoms with Gasteiger partial charge in [-0.3, -0.25) is 14.4 Å². The predicted octanol–water partition coefficient (Wildman–Crippen LogP) is 16.2. The van der Waals surface area contributed by atoms with Crippen LogP contribution in [0.5, 0.6) is 0 Å². The molecule has 0 aromatic heterocycles. The number of allylic oxidation sites excluding steroid dienone is 26. The van der Waals surface area contributed by atoms with Crippen molar-refractivity contribution in [2.24, 2.45) is 0 Å². The lowest BCUT2D eigenvalue weighted by molar-refractivity contribution is -0.167. The molecule has 0 amide bonds. The maximum absolute atomic E-state index is 12.8. The lowest BCUT2D eigenvalue weighted by Gasteiger charge is -2.18. The summed E-state index contributed by atoms with van der Waals surface area (Å²) in [7, 11) is 0. The standard InChI is InChI=1S/C58H86O6/c1-4-7-10-13-16-19-22-25-27-29-31-33-36-39-42-45-48-51-57(60)63-54-55(53-62-56(59)50-47-44-41-38-35-32-24-21-18-15-12-9-6-3)64-58(61)52-49-46-43-40-37-34-30-28-26-23-20-17-14-11-8-5-2/h8-9,11-12,15-21,24-28,31-35,37-39,41-42,55H,4-7,10,13-14,22-23,29-30,36,40,43-54H2,1-3H3/b11-8+,12-9+,18-15+,19-16+,20-17+,24-21+,27-25+,28-26+,33-31+,35-32+,37-34+,41-38+,42-39+. The molecule has 6 nitrogen and oxygen atoms in total. The molecule has 0 bridgehead atoms. The fourth-order valence-electron chi connectivity index (χ4n) is 5.75. The van der Waals surface area contributed by atoms with E-state index in [-0.39, 0.29) is 50.4 Å². The highest BCUT2D eigenvalue weighted by Gasteiger charge is 2.19. The third-order valence-electron chi connectivity index (χ3n) is 9.38. The molecule has 1 unspecified atom stereocenters. The number of hydrogen-bond donors (Lipinski definition) is 0. The topological polar surface area (TPSA) is 78.9 Å². The van der Waals surface area contributed by atoms with Gasteiger partial charge in [-0.05, 0) is 109 Å². The van der Waals surface area contributed by atoms with Crippen LogP contribution >= 0.6 is 0 Å². The fourth-order valence-corrected chi connectivity index (χ4v) is 5.75. The van der Waals surface area contributed by atoms with Crippen molar-refractivity contribution in [2.75, 3.05) is 13.2 Å². The van der Waals surface area contributed by atoms with Gasteiger partial charge >= 0.3 is 17.9 Å². The molecule has 0 radical (unpaired) electrons. The van der Waals surface area contributed by atoms with Crippen molar-refractivity contribution in [3.05, 3.63) is 158 Å². The minimum Gasteiger partial charge on any atom is -0.462 e. The third kappa shape index (κ3) is 48.1. The molecule has 6 heteroatoms. The molecule has 0 saturated carbocycles. The lowest BCUT2D eigenvalue weighted by atomic mass is 10.1. The molecular formula is C58H86O6. The van der Waals surface area contributed by atoms with E-state index < -0.39 is 6.10 Å². The number of hydrogen-bond acceptors (Lipinski definition) is 6. The normalized spacial score (nSPS) is 13.5. The average molecular weight is 879 g/mol. The number of unbranched alkanes of at least 4 members (excludes halogenated alkanes) is 8. The molecule has 354 valence electrons. The minimum absolute atomic E-state index is 0.150. The Labute approximate surface area is 390 Å². The largest absolute Gasteiger partial charge is 0.462 e. The summed E-state index contributed by atoms with van der Waals surface area (Å²) in [4.78, 5) is 37.9. The summed E-state index contributed by atoms with van der Waals surface area (Å²) < 4.78 is 16.6. The highest BCUT2D eigenvalue weighted by Crippen LogP contribution is 2.10. The molecule has 0 N–H and O–H groups in total. The maximum atomic E-state index is 12.8. The van der Waals surface area contributed by atoms with Crippen molar-refractivity contribution in [1.29, 1.82) is 0 Å². The zero-order valence-electron chi connectivity index (χ0n) is 40.2. The van der Waals surface area contributed by atoms with Gasteiger partial charge in [0.05, 0.1) is 0 Å². The molecule has 0 aliphatic carbocycles. The number of ether oxygens (including phenoxy) is 3. The van der Waals surface area contributed by atoms with Crippen LogP contribution in [0.25, 0.3) is 0 Å². The summed E-state index contributed by atoms with van der Waals surface area (Å²) >= 11 is 0. The lowest BCUT2D eigenvalue weighted by Crippen LogP contribution is -2.30. The first-order valence-electron chi connectivity index (χ1n) is 24.6. The van der Waals surface area contributed by atoms with Crippen LogP contribution in [0.15, 0.2) is 158 Å². The summed E-state index contributed by atoms with van der Waals surface area (Å²) in [6.07, 6.45) is 73.8. The quantitative estimate of drug-likeness (QED) is 0.0200. The smallest absolute Gasteiger partial charge is 0.306 e. The summed E-state index contributed by atoms with van der Waals surface area (Å²) in [6, 6.07) is 0. The molecule has 0 aromatic carbocycles. The Morgan fingerprint density at radius 1 is 0.344 bits per heavy atom. The van der Waals surface area contributed by atoms with Gasteiger partial charge in [-0.2, -0.15) is 0 Å². The van der Waals surface area contributed by atoms with Crippen LogP contribution in [0.3, 0.4) is 0 Å². The van der Waals surface area contributed by atoms with Gasteiger partial charge in [-0.15, -0.1) is 0 Å². The third-order valence-corrected chi connectivity index (χ3v) is 9.38. The zero-order valence-corrected chi connectivity index (χ0v) is 40.2. The first-order chi connectivity index (χ1) is 31.5. The number of esters is 3. The van der Waals surface area contributed by atoms with E-state index in [4.69, 9.17) is 14.2 Å². The second kappa shape index (κ2) is 50.7. The van der Waals surface area contributed by atoms with E-state index in [0.717, 1.165) is 83.5 Å². The maximum Gasteiger partial charge on any atom is 0.306 e. The summed E-state index contributed by atoms with van der Waals surface area (Å²) in [6.45, 7) is 6.17. The molecule has 0 spiro atoms. The van der Waals surface area contributed by atoms with Crippen LogP contribution in [0, 0.1) is 0 Å². The Bertz CT molecular complexity index is 1520. The first kappa shape index (κ1) is 59.0. The first-order valence-corrected chi connectivity index (χ1v) is 24.6. The van der Waals surface area contributed by atoms with Crippen LogP contribution in [0.2, 0.25) is 0 Å². The van der Waals surface area contributed by atoms with E-state index in [1.54, 1.807) is 0 Å². The van der Waals surface area contributed by atoms with E-state index in [0.29, 0.717) is 19.3 Å². The van der Waals surface area contributed by atoms with Crippen LogP contribution < -0.4 is 0 Å². The molecule has 0 aromatic rings. The van der Waals surface area contributed by atoms with Gasteiger partial charge in [-0.1, -0.05) is 198 Å². The Morgan fingerprint density at radius 2 is 0.703 bits per heavy atom. The van der Waals surface area contributed by atoms with E-state index in [1.165, 1.54) is 25.7 Å². The van der Waals surface area contributed by atoms with Gasteiger partial charge in [0.15, 0.2) is 6.10 Å². The van der Waals surface area contributed by atoms with Crippen molar-refractivity contribution < 1.29 is 28.6 Å². The van der Waals surface area contributed by atoms with E-state index in [9.17, 15) is 14.4 Å². The summed E-state index contributed by atoms with van der Waals surface area (Å²) in [5.74, 6) is -1.12. The van der Waals surface area contributed by atoms with Gasteiger partial charge in [0.2, 0.25) is 0 Å². The van der Waals surface area contributed by atoms with Crippen LogP contribution in [0.1, 0.15) is 168 Å². The molecule has 0 aliphatic heterocycles. The van der Waals surface area contributed by atoms with Crippen molar-refractivity contribution in [2.45, 2.75) is 175 Å². The van der Waals surface area contributed by atoms with Crippen molar-refractivity contribution in [3.8, 4) is 0 Å².